The lowest BCUT2D eigenvalue weighted by molar-refractivity contribution is -0.190. The molecule has 0 bridgehead atoms. The van der Waals surface area contributed by atoms with Crippen molar-refractivity contribution in [1.29, 1.82) is 0 Å². The number of aromatic nitrogens is 2. The number of halogens is 3. The molecule has 0 unspecified atom stereocenters. The van der Waals surface area contributed by atoms with Crippen LogP contribution in [0.5, 0.6) is 0 Å². The number of amides is 1. The van der Waals surface area contributed by atoms with E-state index in [1.54, 1.807) is 24.5 Å². The number of nitrogens with zero attached hydrogens (tertiary/aromatic N) is 3. The number of carbonyl (C=O) groups excluding carboxylic acids is 1. The summed E-state index contributed by atoms with van der Waals surface area (Å²) in [5, 5.41) is 3.30. The summed E-state index contributed by atoms with van der Waals surface area (Å²) in [5.41, 5.74) is 5.01. The summed E-state index contributed by atoms with van der Waals surface area (Å²) in [5.74, 6) is -1.44. The number of aryl methyl sites for hydroxylation is 1. The fraction of sp³-hybridized carbons (Fsp3) is 0.444. The van der Waals surface area contributed by atoms with Crippen LogP contribution in [-0.4, -0.2) is 53.9 Å². The van der Waals surface area contributed by atoms with E-state index >= 15 is 0 Å². The summed E-state index contributed by atoms with van der Waals surface area (Å²) < 4.78 is 65.9. The van der Waals surface area contributed by atoms with E-state index in [9.17, 15) is 26.4 Å². The van der Waals surface area contributed by atoms with Crippen LogP contribution in [0.4, 0.5) is 24.5 Å². The van der Waals surface area contributed by atoms with Crippen molar-refractivity contribution < 1.29 is 26.4 Å². The monoisotopic (exact) mass is 546 g/mol. The van der Waals surface area contributed by atoms with E-state index in [-0.39, 0.29) is 29.9 Å². The molecule has 0 spiro atoms. The van der Waals surface area contributed by atoms with Gasteiger partial charge >= 0.3 is 6.18 Å². The second-order valence-corrected chi connectivity index (χ2v) is 12.6. The van der Waals surface area contributed by atoms with Crippen molar-refractivity contribution in [2.24, 2.45) is 5.92 Å². The van der Waals surface area contributed by atoms with Crippen LogP contribution in [0.1, 0.15) is 54.3 Å². The summed E-state index contributed by atoms with van der Waals surface area (Å²) in [7, 11) is -2.10. The lowest BCUT2D eigenvalue weighted by atomic mass is 9.98. The number of hydrogen-bond acceptors (Lipinski definition) is 6. The lowest BCUT2D eigenvalue weighted by Crippen LogP contribution is -2.44. The van der Waals surface area contributed by atoms with Gasteiger partial charge in [0.05, 0.1) is 34.4 Å². The number of rotatable bonds is 6. The summed E-state index contributed by atoms with van der Waals surface area (Å²) in [6.07, 6.45) is 1.00. The molecule has 3 aromatic rings. The second-order valence-electron chi connectivity index (χ2n) is 10.3. The van der Waals surface area contributed by atoms with Gasteiger partial charge in [0, 0.05) is 30.4 Å². The Morgan fingerprint density at radius 3 is 2.32 bits per heavy atom. The molecule has 2 aromatic heterocycles. The van der Waals surface area contributed by atoms with Crippen LogP contribution in [0.2, 0.25) is 0 Å². The molecule has 1 atom stereocenters. The van der Waals surface area contributed by atoms with Crippen molar-refractivity contribution in [3.05, 3.63) is 59.4 Å². The molecule has 5 rings (SSSR count). The maximum atomic E-state index is 14.2. The molecule has 1 saturated heterocycles. The Morgan fingerprint density at radius 2 is 1.71 bits per heavy atom. The van der Waals surface area contributed by atoms with Crippen LogP contribution in [0, 0.1) is 12.8 Å². The van der Waals surface area contributed by atoms with E-state index < -0.39 is 33.9 Å². The minimum atomic E-state index is -4.70. The summed E-state index contributed by atoms with van der Waals surface area (Å²) in [6.45, 7) is 1.96. The minimum Gasteiger partial charge on any atom is -0.354 e. The largest absolute Gasteiger partial charge is 0.413 e. The first-order valence-electron chi connectivity index (χ1n) is 12.6. The van der Waals surface area contributed by atoms with Crippen molar-refractivity contribution in [1.82, 2.24) is 14.9 Å². The molecule has 2 aliphatic rings. The van der Waals surface area contributed by atoms with Crippen molar-refractivity contribution >= 4 is 38.2 Å². The maximum Gasteiger partial charge on any atom is 0.413 e. The minimum absolute atomic E-state index is 0.0382. The standard InChI is InChI=1S/C27H29F3N4O3S/c1-16-13-21-24(32-14-16)23(17-3-4-17)22(15-31-21)33-20-7-5-18(6-8-20)25(27(28,29)30)34(2)26(35)19-9-11-38(36,37)12-10-19/h5-8,13-15,17,19,25,33H,3-4,9-12H2,1-2H3/t25-/m0/s1. The molecule has 1 saturated carbocycles. The van der Waals surface area contributed by atoms with Crippen LogP contribution in [0.3, 0.4) is 0 Å². The maximum absolute atomic E-state index is 14.2. The molecule has 202 valence electrons. The Kier molecular flexibility index (Phi) is 6.83. The average molecular weight is 547 g/mol. The topological polar surface area (TPSA) is 92.3 Å². The number of hydrogen-bond donors (Lipinski definition) is 1. The first kappa shape index (κ1) is 26.4. The van der Waals surface area contributed by atoms with Gasteiger partial charge in [-0.05, 0) is 67.9 Å². The van der Waals surface area contributed by atoms with Gasteiger partial charge in [-0.15, -0.1) is 0 Å². The van der Waals surface area contributed by atoms with Crippen LogP contribution in [0.15, 0.2) is 42.7 Å². The number of anilines is 2. The molecular weight excluding hydrogens is 517 g/mol. The van der Waals surface area contributed by atoms with Crippen LogP contribution in [0.25, 0.3) is 11.0 Å². The number of carbonyl (C=O) groups is 1. The Morgan fingerprint density at radius 1 is 1.05 bits per heavy atom. The number of pyridine rings is 2. The number of benzene rings is 1. The van der Waals surface area contributed by atoms with Crippen molar-refractivity contribution in [2.45, 2.75) is 50.7 Å². The molecule has 7 nitrogen and oxygen atoms in total. The molecule has 0 radical (unpaired) electrons. The predicted octanol–water partition coefficient (Wildman–Crippen LogP) is 5.45. The zero-order valence-electron chi connectivity index (χ0n) is 21.1. The smallest absolute Gasteiger partial charge is 0.354 e. The summed E-state index contributed by atoms with van der Waals surface area (Å²) in [4.78, 5) is 22.7. The first-order chi connectivity index (χ1) is 17.9. The van der Waals surface area contributed by atoms with Gasteiger partial charge in [-0.2, -0.15) is 13.2 Å². The van der Waals surface area contributed by atoms with Gasteiger partial charge in [0.25, 0.3) is 0 Å². The van der Waals surface area contributed by atoms with E-state index in [1.165, 1.54) is 12.1 Å². The van der Waals surface area contributed by atoms with E-state index in [0.29, 0.717) is 16.5 Å². The zero-order valence-corrected chi connectivity index (χ0v) is 21.9. The van der Waals surface area contributed by atoms with Gasteiger partial charge in [-0.1, -0.05) is 12.1 Å². The van der Waals surface area contributed by atoms with Crippen LogP contribution >= 0.6 is 0 Å². The highest BCUT2D eigenvalue weighted by molar-refractivity contribution is 7.91. The van der Waals surface area contributed by atoms with Crippen LogP contribution in [-0.2, 0) is 14.6 Å². The van der Waals surface area contributed by atoms with Crippen molar-refractivity contribution in [2.75, 3.05) is 23.9 Å². The number of alkyl halides is 3. The van der Waals surface area contributed by atoms with Gasteiger partial charge in [0.1, 0.15) is 9.84 Å². The van der Waals surface area contributed by atoms with E-state index in [0.717, 1.165) is 47.7 Å². The predicted molar refractivity (Wildman–Crippen MR) is 139 cm³/mol. The fourth-order valence-electron chi connectivity index (χ4n) is 5.16. The molecule has 1 amide bonds. The second kappa shape index (κ2) is 9.83. The molecule has 2 fully saturated rings. The summed E-state index contributed by atoms with van der Waals surface area (Å²) >= 11 is 0. The third kappa shape index (κ3) is 5.48. The highest BCUT2D eigenvalue weighted by Crippen LogP contribution is 2.46. The Balaban J connectivity index is 1.38. The van der Waals surface area contributed by atoms with E-state index in [2.05, 4.69) is 15.3 Å². The zero-order chi connectivity index (χ0) is 27.2. The number of sulfone groups is 1. The molecule has 1 aliphatic heterocycles. The van der Waals surface area contributed by atoms with E-state index in [4.69, 9.17) is 0 Å². The van der Waals surface area contributed by atoms with Crippen molar-refractivity contribution in [3.63, 3.8) is 0 Å². The molecule has 1 aromatic carbocycles. The molecule has 1 aliphatic carbocycles. The molecule has 11 heteroatoms. The van der Waals surface area contributed by atoms with E-state index in [1.807, 2.05) is 13.0 Å². The third-order valence-corrected chi connectivity index (χ3v) is 9.04. The first-order valence-corrected chi connectivity index (χ1v) is 14.4. The Hall–Kier alpha value is -3.21. The van der Waals surface area contributed by atoms with Crippen molar-refractivity contribution in [3.8, 4) is 0 Å². The molecule has 1 N–H and O–H groups in total. The Labute approximate surface area is 219 Å². The van der Waals surface area contributed by atoms with Crippen LogP contribution < -0.4 is 5.32 Å². The summed E-state index contributed by atoms with van der Waals surface area (Å²) in [6, 6.07) is 5.69. The quantitative estimate of drug-likeness (QED) is 0.442. The number of fused-ring (bicyclic) bond motifs is 1. The van der Waals surface area contributed by atoms with Gasteiger partial charge in [0.15, 0.2) is 6.04 Å². The Bertz CT molecular complexity index is 1460. The van der Waals surface area contributed by atoms with Gasteiger partial charge in [-0.25, -0.2) is 8.42 Å². The number of nitrogens with one attached hydrogen (secondary N) is 1. The molecule has 3 heterocycles. The van der Waals surface area contributed by atoms with Gasteiger partial charge in [-0.3, -0.25) is 14.8 Å². The highest BCUT2D eigenvalue weighted by Gasteiger charge is 2.46. The van der Waals surface area contributed by atoms with Gasteiger partial charge in [0.2, 0.25) is 5.91 Å². The average Bonchev–Trinajstić information content (AvgIpc) is 3.69. The molecular formula is C27H29F3N4O3S. The lowest BCUT2D eigenvalue weighted by Gasteiger charge is -2.34. The SMILES string of the molecule is Cc1cnc2c(C3CC3)c(Nc3ccc([C@H](N(C)C(=O)C4CCS(=O)(=O)CC4)C(F)(F)F)cc3)cnc2c1. The molecule has 38 heavy (non-hydrogen) atoms. The normalized spacial score (nSPS) is 18.8. The fourth-order valence-corrected chi connectivity index (χ4v) is 6.66. The third-order valence-electron chi connectivity index (χ3n) is 7.32. The van der Waals surface area contributed by atoms with Gasteiger partial charge < -0.3 is 10.2 Å². The highest BCUT2D eigenvalue weighted by atomic mass is 32.2.